The third-order valence-corrected chi connectivity index (χ3v) is 5.71. The van der Waals surface area contributed by atoms with Crippen LogP contribution < -0.4 is 5.32 Å². The van der Waals surface area contributed by atoms with Crippen molar-refractivity contribution in [3.8, 4) is 5.69 Å². The van der Waals surface area contributed by atoms with E-state index in [0.717, 1.165) is 28.8 Å². The highest BCUT2D eigenvalue weighted by molar-refractivity contribution is 7.99. The van der Waals surface area contributed by atoms with Crippen molar-refractivity contribution in [3.05, 3.63) is 71.5 Å². The molecular weight excluding hydrogens is 380 g/mol. The zero-order valence-electron chi connectivity index (χ0n) is 17.5. The highest BCUT2D eigenvalue weighted by Gasteiger charge is 2.17. The van der Waals surface area contributed by atoms with Gasteiger partial charge in [0.2, 0.25) is 0 Å². The van der Waals surface area contributed by atoms with Crippen LogP contribution in [0.4, 0.5) is 0 Å². The van der Waals surface area contributed by atoms with Crippen molar-refractivity contribution in [1.29, 1.82) is 0 Å². The molecule has 0 aliphatic carbocycles. The van der Waals surface area contributed by atoms with E-state index in [9.17, 15) is 4.79 Å². The molecule has 0 aliphatic heterocycles. The van der Waals surface area contributed by atoms with E-state index >= 15 is 0 Å². The Labute approximate surface area is 176 Å². The first-order chi connectivity index (χ1) is 13.9. The molecule has 3 aromatic rings. The monoisotopic (exact) mass is 408 g/mol. The van der Waals surface area contributed by atoms with E-state index in [1.807, 2.05) is 59.2 Å². The van der Waals surface area contributed by atoms with Gasteiger partial charge in [0.05, 0.1) is 6.54 Å². The zero-order chi connectivity index (χ0) is 20.9. The Morgan fingerprint density at radius 2 is 1.72 bits per heavy atom. The van der Waals surface area contributed by atoms with Crippen molar-refractivity contribution in [1.82, 2.24) is 20.1 Å². The van der Waals surface area contributed by atoms with Gasteiger partial charge in [-0.15, -0.1) is 10.2 Å². The highest BCUT2D eigenvalue weighted by Crippen LogP contribution is 2.23. The number of thioether (sulfide) groups is 1. The number of nitrogens with zero attached hydrogens (tertiary/aromatic N) is 3. The minimum absolute atomic E-state index is 0.0632. The Balaban J connectivity index is 1.76. The Morgan fingerprint density at radius 3 is 2.34 bits per heavy atom. The molecule has 0 radical (unpaired) electrons. The van der Waals surface area contributed by atoms with Crippen LogP contribution in [0.25, 0.3) is 5.69 Å². The molecule has 6 heteroatoms. The number of rotatable bonds is 7. The minimum Gasteiger partial charge on any atom is -0.345 e. The van der Waals surface area contributed by atoms with Crippen molar-refractivity contribution in [2.45, 2.75) is 51.2 Å². The molecule has 0 bridgehead atoms. The topological polar surface area (TPSA) is 59.8 Å². The fourth-order valence-electron chi connectivity index (χ4n) is 2.92. The Kier molecular flexibility index (Phi) is 6.75. The average molecular weight is 409 g/mol. The van der Waals surface area contributed by atoms with Crippen LogP contribution in [0.1, 0.15) is 55.9 Å². The van der Waals surface area contributed by atoms with E-state index in [0.29, 0.717) is 12.1 Å². The van der Waals surface area contributed by atoms with E-state index in [2.05, 4.69) is 43.2 Å². The lowest BCUT2D eigenvalue weighted by molar-refractivity contribution is 0.0949. The predicted molar refractivity (Wildman–Crippen MR) is 119 cm³/mol. The van der Waals surface area contributed by atoms with Crippen LogP contribution in [0.2, 0.25) is 0 Å². The number of benzene rings is 2. The second-order valence-electron chi connectivity index (χ2n) is 7.93. The summed E-state index contributed by atoms with van der Waals surface area (Å²) in [5.41, 5.74) is 2.91. The summed E-state index contributed by atoms with van der Waals surface area (Å²) >= 11 is 1.67. The van der Waals surface area contributed by atoms with E-state index in [1.165, 1.54) is 5.56 Å². The molecule has 0 atom stereocenters. The largest absolute Gasteiger partial charge is 0.345 e. The number of para-hydroxylation sites is 1. The number of hydrogen-bond acceptors (Lipinski definition) is 4. The fourth-order valence-corrected chi connectivity index (χ4v) is 3.75. The molecule has 29 heavy (non-hydrogen) atoms. The predicted octanol–water partition coefficient (Wildman–Crippen LogP) is 5.00. The van der Waals surface area contributed by atoms with Gasteiger partial charge in [-0.3, -0.25) is 9.36 Å². The van der Waals surface area contributed by atoms with Gasteiger partial charge in [0.1, 0.15) is 0 Å². The van der Waals surface area contributed by atoms with Crippen molar-refractivity contribution in [2.75, 3.05) is 5.75 Å². The number of hydrogen-bond donors (Lipinski definition) is 1. The molecule has 0 aliphatic rings. The maximum absolute atomic E-state index is 12.6. The molecule has 1 N–H and O–H groups in total. The second-order valence-corrected chi connectivity index (χ2v) is 8.99. The number of amides is 1. The second kappa shape index (κ2) is 9.27. The van der Waals surface area contributed by atoms with Crippen molar-refractivity contribution >= 4 is 17.7 Å². The van der Waals surface area contributed by atoms with Crippen LogP contribution in [-0.4, -0.2) is 26.4 Å². The zero-order valence-corrected chi connectivity index (χ0v) is 18.3. The summed E-state index contributed by atoms with van der Waals surface area (Å²) in [4.78, 5) is 12.6. The number of carbonyl (C=O) groups is 1. The van der Waals surface area contributed by atoms with E-state index in [1.54, 1.807) is 11.8 Å². The SMILES string of the molecule is CCCSc1nnc(CNC(=O)c2ccc(C(C)(C)C)cc2)n1-c1ccccc1. The summed E-state index contributed by atoms with van der Waals surface area (Å²) in [6.07, 6.45) is 1.06. The summed E-state index contributed by atoms with van der Waals surface area (Å²) in [5, 5.41) is 12.5. The minimum atomic E-state index is -0.115. The molecular formula is C23H28N4OS. The summed E-state index contributed by atoms with van der Waals surface area (Å²) < 4.78 is 2.02. The number of aromatic nitrogens is 3. The van der Waals surface area contributed by atoms with E-state index < -0.39 is 0 Å². The van der Waals surface area contributed by atoms with Gasteiger partial charge < -0.3 is 5.32 Å². The van der Waals surface area contributed by atoms with Crippen LogP contribution in [0.5, 0.6) is 0 Å². The van der Waals surface area contributed by atoms with Gasteiger partial charge in [-0.05, 0) is 41.7 Å². The lowest BCUT2D eigenvalue weighted by Crippen LogP contribution is -2.25. The van der Waals surface area contributed by atoms with Gasteiger partial charge in [-0.1, -0.05) is 69.8 Å². The lowest BCUT2D eigenvalue weighted by atomic mass is 9.87. The quantitative estimate of drug-likeness (QED) is 0.559. The van der Waals surface area contributed by atoms with E-state index in [-0.39, 0.29) is 11.3 Å². The molecule has 0 saturated carbocycles. The van der Waals surface area contributed by atoms with Crippen LogP contribution in [0.3, 0.4) is 0 Å². The summed E-state index contributed by atoms with van der Waals surface area (Å²) in [5.74, 6) is 1.57. The van der Waals surface area contributed by atoms with Crippen molar-refractivity contribution in [2.24, 2.45) is 0 Å². The third kappa shape index (κ3) is 5.26. The van der Waals surface area contributed by atoms with Gasteiger partial charge >= 0.3 is 0 Å². The summed E-state index contributed by atoms with van der Waals surface area (Å²) in [7, 11) is 0. The van der Waals surface area contributed by atoms with Crippen LogP contribution in [-0.2, 0) is 12.0 Å². The van der Waals surface area contributed by atoms with Crippen molar-refractivity contribution in [3.63, 3.8) is 0 Å². The Hall–Kier alpha value is -2.60. The van der Waals surface area contributed by atoms with Gasteiger partial charge in [-0.25, -0.2) is 0 Å². The van der Waals surface area contributed by atoms with Crippen LogP contribution in [0.15, 0.2) is 59.8 Å². The molecule has 152 valence electrons. The molecule has 2 aromatic carbocycles. The van der Waals surface area contributed by atoms with Gasteiger partial charge in [0, 0.05) is 17.0 Å². The molecule has 0 saturated heterocycles. The molecule has 0 fully saturated rings. The molecule has 1 aromatic heterocycles. The molecule has 0 spiro atoms. The van der Waals surface area contributed by atoms with Crippen LogP contribution >= 0.6 is 11.8 Å². The van der Waals surface area contributed by atoms with Gasteiger partial charge in [0.25, 0.3) is 5.91 Å². The maximum Gasteiger partial charge on any atom is 0.251 e. The van der Waals surface area contributed by atoms with Gasteiger partial charge in [0.15, 0.2) is 11.0 Å². The average Bonchev–Trinajstić information content (AvgIpc) is 3.13. The molecule has 3 rings (SSSR count). The first-order valence-corrected chi connectivity index (χ1v) is 10.9. The van der Waals surface area contributed by atoms with Crippen molar-refractivity contribution < 1.29 is 4.79 Å². The first kappa shape index (κ1) is 21.1. The standard InChI is InChI=1S/C23H28N4OS/c1-5-15-29-22-26-25-20(27(22)19-9-7-6-8-10-19)16-24-21(28)17-11-13-18(14-12-17)23(2,3)4/h6-14H,5,15-16H2,1-4H3,(H,24,28). The molecule has 5 nitrogen and oxygen atoms in total. The highest BCUT2D eigenvalue weighted by atomic mass is 32.2. The third-order valence-electron chi connectivity index (χ3n) is 4.57. The van der Waals surface area contributed by atoms with Crippen LogP contribution in [0, 0.1) is 0 Å². The smallest absolute Gasteiger partial charge is 0.251 e. The Bertz CT molecular complexity index is 943. The normalized spacial score (nSPS) is 11.4. The van der Waals surface area contributed by atoms with E-state index in [4.69, 9.17) is 0 Å². The lowest BCUT2D eigenvalue weighted by Gasteiger charge is -2.19. The maximum atomic E-state index is 12.6. The molecule has 1 amide bonds. The molecule has 0 unspecified atom stereocenters. The molecule has 1 heterocycles. The first-order valence-electron chi connectivity index (χ1n) is 9.91. The fraction of sp³-hybridized carbons (Fsp3) is 0.348. The summed E-state index contributed by atoms with van der Waals surface area (Å²) in [6.45, 7) is 8.93. The van der Waals surface area contributed by atoms with Gasteiger partial charge in [-0.2, -0.15) is 0 Å². The summed E-state index contributed by atoms with van der Waals surface area (Å²) in [6, 6.07) is 17.8. The number of nitrogens with one attached hydrogen (secondary N) is 1. The number of carbonyl (C=O) groups excluding carboxylic acids is 1. The Morgan fingerprint density at radius 1 is 1.03 bits per heavy atom.